The Morgan fingerprint density at radius 2 is 0.974 bits per heavy atom. The second kappa shape index (κ2) is 20.9. The first-order chi connectivity index (χ1) is 19.1. The maximum atomic E-state index is 12.3. The summed E-state index contributed by atoms with van der Waals surface area (Å²) in [5.74, 6) is 1.66. The van der Waals surface area contributed by atoms with Crippen molar-refractivity contribution in [2.75, 3.05) is 23.8 Å². The fraction of sp³-hybridized carbons (Fsp3) is 0.576. The minimum Gasteiger partial charge on any atom is -0.494 e. The van der Waals surface area contributed by atoms with Gasteiger partial charge in [-0.3, -0.25) is 9.59 Å². The Morgan fingerprint density at radius 3 is 1.41 bits per heavy atom. The van der Waals surface area contributed by atoms with E-state index in [4.69, 9.17) is 9.47 Å². The van der Waals surface area contributed by atoms with Gasteiger partial charge in [0.05, 0.1) is 13.2 Å². The lowest BCUT2D eigenvalue weighted by atomic mass is 10.1. The topological polar surface area (TPSA) is 76.7 Å². The van der Waals surface area contributed by atoms with E-state index >= 15 is 0 Å². The summed E-state index contributed by atoms with van der Waals surface area (Å²) in [6.07, 6.45) is 15.0. The van der Waals surface area contributed by atoms with Crippen LogP contribution in [0.4, 0.5) is 11.4 Å². The average molecular weight is 539 g/mol. The summed E-state index contributed by atoms with van der Waals surface area (Å²) >= 11 is 0. The highest BCUT2D eigenvalue weighted by Crippen LogP contribution is 2.20. The molecular weight excluding hydrogens is 488 g/mol. The number of carbonyl (C=O) groups is 2. The zero-order valence-electron chi connectivity index (χ0n) is 24.3. The molecule has 6 heteroatoms. The van der Waals surface area contributed by atoms with Gasteiger partial charge < -0.3 is 20.1 Å². The average Bonchev–Trinajstić information content (AvgIpc) is 2.93. The highest BCUT2D eigenvalue weighted by atomic mass is 16.5. The molecule has 2 rings (SSSR count). The largest absolute Gasteiger partial charge is 0.494 e. The van der Waals surface area contributed by atoms with Crippen LogP contribution in [0.1, 0.15) is 110 Å². The fourth-order valence-corrected chi connectivity index (χ4v) is 4.31. The molecule has 2 aromatic rings. The molecule has 0 aliphatic heterocycles. The molecular formula is C33H50N2O4. The summed E-state index contributed by atoms with van der Waals surface area (Å²) < 4.78 is 11.6. The molecule has 0 aromatic heterocycles. The van der Waals surface area contributed by atoms with Gasteiger partial charge in [0.25, 0.3) is 0 Å². The summed E-state index contributed by atoms with van der Waals surface area (Å²) in [6.45, 7) is 5.81. The van der Waals surface area contributed by atoms with Crippen molar-refractivity contribution < 1.29 is 19.1 Å². The number of nitrogens with one attached hydrogen (secondary N) is 2. The van der Waals surface area contributed by atoms with E-state index in [1.807, 2.05) is 48.5 Å². The van der Waals surface area contributed by atoms with Gasteiger partial charge in [0.15, 0.2) is 0 Å². The van der Waals surface area contributed by atoms with Crippen LogP contribution in [0.2, 0.25) is 0 Å². The molecule has 0 unspecified atom stereocenters. The Hall–Kier alpha value is -3.02. The highest BCUT2D eigenvalue weighted by Gasteiger charge is 2.06. The van der Waals surface area contributed by atoms with E-state index in [2.05, 4.69) is 24.5 Å². The molecule has 0 atom stereocenters. The molecule has 0 fully saturated rings. The van der Waals surface area contributed by atoms with Crippen LogP contribution in [0.5, 0.6) is 11.5 Å². The molecule has 0 radical (unpaired) electrons. The molecule has 2 amide bonds. The summed E-state index contributed by atoms with van der Waals surface area (Å²) in [6, 6.07) is 15.2. The molecule has 6 nitrogen and oxygen atoms in total. The maximum absolute atomic E-state index is 12.3. The van der Waals surface area contributed by atoms with E-state index in [1.54, 1.807) is 0 Å². The van der Waals surface area contributed by atoms with Crippen molar-refractivity contribution >= 4 is 23.2 Å². The van der Waals surface area contributed by atoms with Gasteiger partial charge >= 0.3 is 0 Å². The number of hydrogen-bond acceptors (Lipinski definition) is 4. The van der Waals surface area contributed by atoms with Crippen LogP contribution in [0.25, 0.3) is 0 Å². The zero-order valence-corrected chi connectivity index (χ0v) is 24.3. The summed E-state index contributed by atoms with van der Waals surface area (Å²) in [5, 5.41) is 5.95. The Morgan fingerprint density at radius 1 is 0.564 bits per heavy atom. The minimum absolute atomic E-state index is 0.0293. The van der Waals surface area contributed by atoms with Crippen molar-refractivity contribution in [1.29, 1.82) is 0 Å². The summed E-state index contributed by atoms with van der Waals surface area (Å²) in [7, 11) is 0. The van der Waals surface area contributed by atoms with Crippen molar-refractivity contribution in [3.05, 3.63) is 48.5 Å². The quantitative estimate of drug-likeness (QED) is 0.147. The van der Waals surface area contributed by atoms with Crippen LogP contribution < -0.4 is 20.1 Å². The number of benzene rings is 2. The second-order valence-electron chi connectivity index (χ2n) is 10.2. The second-order valence-corrected chi connectivity index (χ2v) is 10.2. The Balaban J connectivity index is 1.52. The molecule has 216 valence electrons. The van der Waals surface area contributed by atoms with Crippen LogP contribution >= 0.6 is 0 Å². The number of carbonyl (C=O) groups excluding carboxylic acids is 2. The first-order valence-corrected chi connectivity index (χ1v) is 15.2. The first kappa shape index (κ1) is 32.2. The maximum Gasteiger partial charge on any atom is 0.224 e. The van der Waals surface area contributed by atoms with Crippen molar-refractivity contribution in [3.8, 4) is 11.5 Å². The molecule has 0 heterocycles. The van der Waals surface area contributed by atoms with Gasteiger partial charge in [0, 0.05) is 36.3 Å². The van der Waals surface area contributed by atoms with Crippen molar-refractivity contribution in [2.45, 2.75) is 110 Å². The van der Waals surface area contributed by atoms with E-state index in [-0.39, 0.29) is 11.8 Å². The minimum atomic E-state index is 0.0293. The number of amides is 2. The van der Waals surface area contributed by atoms with Crippen LogP contribution in [0, 0.1) is 0 Å². The van der Waals surface area contributed by atoms with Crippen molar-refractivity contribution in [1.82, 2.24) is 0 Å². The van der Waals surface area contributed by atoms with Crippen molar-refractivity contribution in [3.63, 3.8) is 0 Å². The van der Waals surface area contributed by atoms with Gasteiger partial charge in [0.1, 0.15) is 11.5 Å². The Labute approximate surface area is 236 Å². The monoisotopic (exact) mass is 538 g/mol. The summed E-state index contributed by atoms with van der Waals surface area (Å²) in [5.41, 5.74) is 1.56. The van der Waals surface area contributed by atoms with Crippen LogP contribution in [0.15, 0.2) is 48.5 Å². The van der Waals surface area contributed by atoms with E-state index < -0.39 is 0 Å². The standard InChI is InChI=1S/C33H50N2O4/c1-3-5-7-14-24-38-30-20-16-18-28(26-30)34-32(36)22-12-10-9-11-13-23-33(37)35-29-19-17-21-31(27-29)39-25-15-8-6-4-2/h16-21,26-27H,3-15,22-25H2,1-2H3,(H,34,36)(H,35,37). The molecule has 0 spiro atoms. The molecule has 0 bridgehead atoms. The Bertz CT molecular complexity index is 871. The number of ether oxygens (including phenoxy) is 2. The third kappa shape index (κ3) is 15.9. The predicted molar refractivity (Wildman–Crippen MR) is 162 cm³/mol. The van der Waals surface area contributed by atoms with Crippen LogP contribution in [-0.2, 0) is 9.59 Å². The summed E-state index contributed by atoms with van der Waals surface area (Å²) in [4.78, 5) is 24.6. The number of unbranched alkanes of at least 4 members (excludes halogenated alkanes) is 10. The zero-order chi connectivity index (χ0) is 28.0. The third-order valence-corrected chi connectivity index (χ3v) is 6.58. The predicted octanol–water partition coefficient (Wildman–Crippen LogP) is 8.91. The van der Waals surface area contributed by atoms with Gasteiger partial charge in [-0.2, -0.15) is 0 Å². The molecule has 2 aromatic carbocycles. The van der Waals surface area contributed by atoms with E-state index in [0.717, 1.165) is 67.8 Å². The lowest BCUT2D eigenvalue weighted by Crippen LogP contribution is -2.11. The number of rotatable bonds is 22. The molecule has 0 aliphatic rings. The smallest absolute Gasteiger partial charge is 0.224 e. The molecule has 0 saturated heterocycles. The Kier molecular flexibility index (Phi) is 17.2. The number of anilines is 2. The van der Waals surface area contributed by atoms with Gasteiger partial charge in [-0.05, 0) is 49.9 Å². The normalized spacial score (nSPS) is 10.7. The van der Waals surface area contributed by atoms with Gasteiger partial charge in [0.2, 0.25) is 11.8 Å². The first-order valence-electron chi connectivity index (χ1n) is 15.2. The molecule has 2 N–H and O–H groups in total. The van der Waals surface area contributed by atoms with Crippen LogP contribution in [-0.4, -0.2) is 25.0 Å². The van der Waals surface area contributed by atoms with E-state index in [1.165, 1.54) is 38.5 Å². The molecule has 0 saturated carbocycles. The molecule has 39 heavy (non-hydrogen) atoms. The fourth-order valence-electron chi connectivity index (χ4n) is 4.31. The lowest BCUT2D eigenvalue weighted by molar-refractivity contribution is -0.117. The van der Waals surface area contributed by atoms with E-state index in [9.17, 15) is 9.59 Å². The lowest BCUT2D eigenvalue weighted by Gasteiger charge is -2.10. The van der Waals surface area contributed by atoms with Gasteiger partial charge in [-0.25, -0.2) is 0 Å². The number of hydrogen-bond donors (Lipinski definition) is 2. The third-order valence-electron chi connectivity index (χ3n) is 6.58. The van der Waals surface area contributed by atoms with Gasteiger partial charge in [-0.15, -0.1) is 0 Å². The van der Waals surface area contributed by atoms with Gasteiger partial charge in [-0.1, -0.05) is 83.8 Å². The SMILES string of the molecule is CCCCCCOc1cccc(NC(=O)CCCCCCCC(=O)Nc2cccc(OCCCCCC)c2)c1. The van der Waals surface area contributed by atoms with Crippen LogP contribution in [0.3, 0.4) is 0 Å². The van der Waals surface area contributed by atoms with Crippen molar-refractivity contribution in [2.24, 2.45) is 0 Å². The highest BCUT2D eigenvalue weighted by molar-refractivity contribution is 5.91. The molecule has 0 aliphatic carbocycles. The van der Waals surface area contributed by atoms with E-state index in [0.29, 0.717) is 26.1 Å².